The smallest absolute Gasteiger partial charge is 0.323 e. The molecule has 17 heavy (non-hydrogen) atoms. The lowest BCUT2D eigenvalue weighted by Crippen LogP contribution is -2.35. The molecule has 0 bridgehead atoms. The van der Waals surface area contributed by atoms with E-state index in [1.807, 2.05) is 19.9 Å². The number of anilines is 1. The van der Waals surface area contributed by atoms with Crippen molar-refractivity contribution >= 4 is 27.6 Å². The number of hydrogen-bond acceptors (Lipinski definition) is 3. The standard InChI is InChI=1S/C12H13BrN2O2/c1-8(2)15(7-12(16)17)11-4-3-9(6-14)5-10(11)13/h3-5,8H,7H2,1-2H3,(H,16,17). The Morgan fingerprint density at radius 1 is 1.59 bits per heavy atom. The van der Waals surface area contributed by atoms with Crippen LogP contribution in [0, 0.1) is 11.3 Å². The fourth-order valence-corrected chi connectivity index (χ4v) is 2.11. The summed E-state index contributed by atoms with van der Waals surface area (Å²) in [5, 5.41) is 17.6. The second kappa shape index (κ2) is 5.69. The van der Waals surface area contributed by atoms with Crippen LogP contribution in [0.25, 0.3) is 0 Å². The van der Waals surface area contributed by atoms with Gasteiger partial charge in [0.25, 0.3) is 0 Å². The van der Waals surface area contributed by atoms with E-state index in [0.29, 0.717) is 5.56 Å². The molecule has 1 aromatic carbocycles. The number of hydrogen-bond donors (Lipinski definition) is 1. The zero-order chi connectivity index (χ0) is 13.0. The van der Waals surface area contributed by atoms with Gasteiger partial charge in [-0.1, -0.05) is 0 Å². The first-order chi connectivity index (χ1) is 7.95. The van der Waals surface area contributed by atoms with Crippen LogP contribution in [0.3, 0.4) is 0 Å². The van der Waals surface area contributed by atoms with E-state index in [2.05, 4.69) is 15.9 Å². The van der Waals surface area contributed by atoms with Gasteiger partial charge in [-0.05, 0) is 48.0 Å². The second-order valence-corrected chi connectivity index (χ2v) is 4.75. The number of halogens is 1. The van der Waals surface area contributed by atoms with E-state index >= 15 is 0 Å². The Kier molecular flexibility index (Phi) is 4.53. The third-order valence-electron chi connectivity index (χ3n) is 2.32. The van der Waals surface area contributed by atoms with E-state index in [1.54, 1.807) is 23.1 Å². The molecule has 1 aromatic rings. The van der Waals surface area contributed by atoms with Crippen LogP contribution in [0.5, 0.6) is 0 Å². The Morgan fingerprint density at radius 2 is 2.24 bits per heavy atom. The summed E-state index contributed by atoms with van der Waals surface area (Å²) >= 11 is 3.36. The molecule has 90 valence electrons. The lowest BCUT2D eigenvalue weighted by Gasteiger charge is -2.28. The van der Waals surface area contributed by atoms with E-state index in [1.165, 1.54) is 0 Å². The van der Waals surface area contributed by atoms with Crippen molar-refractivity contribution in [1.29, 1.82) is 5.26 Å². The normalized spacial score (nSPS) is 10.1. The Balaban J connectivity index is 3.11. The van der Waals surface area contributed by atoms with E-state index < -0.39 is 5.97 Å². The summed E-state index contributed by atoms with van der Waals surface area (Å²) in [6.45, 7) is 3.78. The zero-order valence-corrected chi connectivity index (χ0v) is 11.2. The van der Waals surface area contributed by atoms with Crippen molar-refractivity contribution in [2.24, 2.45) is 0 Å². The maximum Gasteiger partial charge on any atom is 0.323 e. The van der Waals surface area contributed by atoms with Gasteiger partial charge in [-0.3, -0.25) is 4.79 Å². The molecule has 0 unspecified atom stereocenters. The van der Waals surface area contributed by atoms with Crippen LogP contribution in [-0.2, 0) is 4.79 Å². The van der Waals surface area contributed by atoms with Gasteiger partial charge in [-0.25, -0.2) is 0 Å². The maximum atomic E-state index is 10.8. The summed E-state index contributed by atoms with van der Waals surface area (Å²) in [5.74, 6) is -0.880. The molecule has 0 spiro atoms. The topological polar surface area (TPSA) is 64.3 Å². The highest BCUT2D eigenvalue weighted by molar-refractivity contribution is 9.10. The number of aliphatic carboxylic acids is 1. The van der Waals surface area contributed by atoms with Gasteiger partial charge >= 0.3 is 5.97 Å². The van der Waals surface area contributed by atoms with Crippen molar-refractivity contribution in [2.75, 3.05) is 11.4 Å². The van der Waals surface area contributed by atoms with Gasteiger partial charge in [0.1, 0.15) is 6.54 Å². The molecular weight excluding hydrogens is 284 g/mol. The Labute approximate surface area is 109 Å². The van der Waals surface area contributed by atoms with Gasteiger partial charge in [0.15, 0.2) is 0 Å². The highest BCUT2D eigenvalue weighted by atomic mass is 79.9. The van der Waals surface area contributed by atoms with Crippen molar-refractivity contribution in [3.63, 3.8) is 0 Å². The number of carbonyl (C=O) groups is 1. The van der Waals surface area contributed by atoms with E-state index in [-0.39, 0.29) is 12.6 Å². The lowest BCUT2D eigenvalue weighted by molar-refractivity contribution is -0.135. The minimum absolute atomic E-state index is 0.0651. The van der Waals surface area contributed by atoms with Crippen molar-refractivity contribution in [1.82, 2.24) is 0 Å². The first kappa shape index (κ1) is 13.5. The monoisotopic (exact) mass is 296 g/mol. The van der Waals surface area contributed by atoms with Crippen LogP contribution in [0.4, 0.5) is 5.69 Å². The first-order valence-electron chi connectivity index (χ1n) is 5.13. The molecule has 0 aliphatic heterocycles. The molecule has 0 aliphatic rings. The average Bonchev–Trinajstić information content (AvgIpc) is 2.25. The highest BCUT2D eigenvalue weighted by Gasteiger charge is 2.16. The molecule has 0 saturated carbocycles. The number of carboxylic acids is 1. The van der Waals surface area contributed by atoms with Crippen LogP contribution >= 0.6 is 15.9 Å². The fourth-order valence-electron chi connectivity index (χ4n) is 1.50. The van der Waals surface area contributed by atoms with Gasteiger partial charge in [-0.2, -0.15) is 5.26 Å². The summed E-state index contributed by atoms with van der Waals surface area (Å²) in [6.07, 6.45) is 0. The van der Waals surface area contributed by atoms with Crippen LogP contribution in [0.1, 0.15) is 19.4 Å². The molecule has 0 saturated heterocycles. The minimum atomic E-state index is -0.880. The summed E-state index contributed by atoms with van der Waals surface area (Å²) < 4.78 is 0.728. The summed E-state index contributed by atoms with van der Waals surface area (Å²) in [6, 6.07) is 7.22. The maximum absolute atomic E-state index is 10.8. The fraction of sp³-hybridized carbons (Fsp3) is 0.333. The minimum Gasteiger partial charge on any atom is -0.480 e. The summed E-state index contributed by atoms with van der Waals surface area (Å²) in [4.78, 5) is 12.6. The summed E-state index contributed by atoms with van der Waals surface area (Å²) in [5.41, 5.74) is 1.32. The van der Waals surface area contributed by atoms with E-state index in [4.69, 9.17) is 10.4 Å². The molecule has 0 atom stereocenters. The number of nitrogens with zero attached hydrogens (tertiary/aromatic N) is 2. The number of carboxylic acid groups (broad SMARTS) is 1. The molecule has 0 radical (unpaired) electrons. The molecule has 4 nitrogen and oxygen atoms in total. The molecule has 5 heteroatoms. The van der Waals surface area contributed by atoms with Crippen LogP contribution < -0.4 is 4.90 Å². The van der Waals surface area contributed by atoms with Crippen molar-refractivity contribution in [2.45, 2.75) is 19.9 Å². The van der Waals surface area contributed by atoms with Crippen molar-refractivity contribution in [3.05, 3.63) is 28.2 Å². The van der Waals surface area contributed by atoms with E-state index in [9.17, 15) is 4.79 Å². The third-order valence-corrected chi connectivity index (χ3v) is 2.95. The summed E-state index contributed by atoms with van der Waals surface area (Å²) in [7, 11) is 0. The lowest BCUT2D eigenvalue weighted by atomic mass is 10.2. The first-order valence-corrected chi connectivity index (χ1v) is 5.93. The van der Waals surface area contributed by atoms with Crippen molar-refractivity contribution in [3.8, 4) is 6.07 Å². The molecule has 0 aliphatic carbocycles. The van der Waals surface area contributed by atoms with Gasteiger partial charge in [0.2, 0.25) is 0 Å². The van der Waals surface area contributed by atoms with Crippen LogP contribution in [-0.4, -0.2) is 23.7 Å². The third kappa shape index (κ3) is 3.46. The molecule has 0 aromatic heterocycles. The number of benzene rings is 1. The average molecular weight is 297 g/mol. The number of nitriles is 1. The number of rotatable bonds is 4. The molecule has 1 rings (SSSR count). The molecular formula is C12H13BrN2O2. The van der Waals surface area contributed by atoms with Crippen LogP contribution in [0.2, 0.25) is 0 Å². The largest absolute Gasteiger partial charge is 0.480 e. The second-order valence-electron chi connectivity index (χ2n) is 3.89. The van der Waals surface area contributed by atoms with E-state index in [0.717, 1.165) is 10.2 Å². The van der Waals surface area contributed by atoms with Crippen LogP contribution in [0.15, 0.2) is 22.7 Å². The predicted octanol–water partition coefficient (Wildman–Crippen LogP) is 2.62. The quantitative estimate of drug-likeness (QED) is 0.928. The van der Waals surface area contributed by atoms with Gasteiger partial charge in [0, 0.05) is 10.5 Å². The van der Waals surface area contributed by atoms with Crippen molar-refractivity contribution < 1.29 is 9.90 Å². The Morgan fingerprint density at radius 3 is 2.65 bits per heavy atom. The molecule has 0 amide bonds. The SMILES string of the molecule is CC(C)N(CC(=O)O)c1ccc(C#N)cc1Br. The Bertz CT molecular complexity index is 466. The van der Waals surface area contributed by atoms with Gasteiger partial charge in [-0.15, -0.1) is 0 Å². The molecule has 0 fully saturated rings. The zero-order valence-electron chi connectivity index (χ0n) is 9.64. The highest BCUT2D eigenvalue weighted by Crippen LogP contribution is 2.28. The van der Waals surface area contributed by atoms with Gasteiger partial charge in [0.05, 0.1) is 17.3 Å². The molecule has 1 N–H and O–H groups in total. The van der Waals surface area contributed by atoms with Gasteiger partial charge < -0.3 is 10.0 Å². The predicted molar refractivity (Wildman–Crippen MR) is 69.0 cm³/mol. The molecule has 0 heterocycles. The Hall–Kier alpha value is -1.54.